The minimum atomic E-state index is 0.756. The number of likely N-dealkylation sites (N-methyl/N-ethyl adjacent to an activating group) is 1. The molecule has 0 radical (unpaired) electrons. The zero-order valence-corrected chi connectivity index (χ0v) is 11.4. The van der Waals surface area contributed by atoms with Gasteiger partial charge in [0.05, 0.1) is 7.11 Å². The van der Waals surface area contributed by atoms with E-state index in [0.29, 0.717) is 0 Å². The van der Waals surface area contributed by atoms with Crippen molar-refractivity contribution in [3.8, 4) is 5.75 Å². The maximum absolute atomic E-state index is 5.78. The van der Waals surface area contributed by atoms with Gasteiger partial charge in [-0.15, -0.1) is 0 Å². The fraction of sp³-hybridized carbons (Fsp3) is 0.571. The minimum Gasteiger partial charge on any atom is -0.496 e. The molecule has 1 saturated heterocycles. The first-order chi connectivity index (χ1) is 8.69. The van der Waals surface area contributed by atoms with E-state index in [1.165, 1.54) is 18.5 Å². The zero-order chi connectivity index (χ0) is 13.0. The van der Waals surface area contributed by atoms with Gasteiger partial charge in [-0.3, -0.25) is 4.90 Å². The van der Waals surface area contributed by atoms with Crippen molar-refractivity contribution < 1.29 is 4.74 Å². The lowest BCUT2D eigenvalue weighted by molar-refractivity contribution is 0.265. The van der Waals surface area contributed by atoms with Gasteiger partial charge in [0.1, 0.15) is 5.75 Å². The molecule has 0 spiro atoms. The summed E-state index contributed by atoms with van der Waals surface area (Å²) in [6.07, 6.45) is 1.23. The molecule has 1 aromatic carbocycles. The molecule has 0 aliphatic carbocycles. The first-order valence-corrected chi connectivity index (χ1v) is 6.52. The number of methoxy groups -OCH3 is 1. The average molecular weight is 249 g/mol. The van der Waals surface area contributed by atoms with Crippen LogP contribution in [0.5, 0.6) is 5.75 Å². The molecule has 4 heteroatoms. The Morgan fingerprint density at radius 1 is 1.22 bits per heavy atom. The Morgan fingerprint density at radius 3 is 2.83 bits per heavy atom. The monoisotopic (exact) mass is 249 g/mol. The Morgan fingerprint density at radius 2 is 2.06 bits per heavy atom. The van der Waals surface area contributed by atoms with Crippen molar-refractivity contribution in [3.63, 3.8) is 0 Å². The van der Waals surface area contributed by atoms with Crippen LogP contribution in [0.1, 0.15) is 12.0 Å². The van der Waals surface area contributed by atoms with Crippen molar-refractivity contribution in [3.05, 3.63) is 23.8 Å². The number of anilines is 1. The number of benzene rings is 1. The minimum absolute atomic E-state index is 0.756. The number of nitrogens with two attached hydrogens (primary N) is 1. The largest absolute Gasteiger partial charge is 0.496 e. The highest BCUT2D eigenvalue weighted by Gasteiger charge is 2.14. The lowest BCUT2D eigenvalue weighted by Crippen LogP contribution is -2.28. The molecule has 0 bridgehead atoms. The molecule has 100 valence electrons. The van der Waals surface area contributed by atoms with Gasteiger partial charge in [-0.05, 0) is 32.6 Å². The summed E-state index contributed by atoms with van der Waals surface area (Å²) in [5.74, 6) is 0.896. The summed E-state index contributed by atoms with van der Waals surface area (Å²) in [5.41, 5.74) is 7.75. The van der Waals surface area contributed by atoms with E-state index >= 15 is 0 Å². The number of hydrogen-bond donors (Lipinski definition) is 1. The third-order valence-electron chi connectivity index (χ3n) is 3.52. The van der Waals surface area contributed by atoms with Gasteiger partial charge >= 0.3 is 0 Å². The van der Waals surface area contributed by atoms with Gasteiger partial charge in [-0.1, -0.05) is 6.07 Å². The lowest BCUT2D eigenvalue weighted by Gasteiger charge is -2.21. The van der Waals surface area contributed by atoms with E-state index < -0.39 is 0 Å². The third-order valence-corrected chi connectivity index (χ3v) is 3.52. The predicted molar refractivity (Wildman–Crippen MR) is 74.8 cm³/mol. The first kappa shape index (κ1) is 13.2. The standard InChI is InChI=1S/C14H23N3O/c1-16-6-3-7-17(9-8-16)11-12-4-5-13(15)10-14(12)18-2/h4-5,10H,3,6-9,11,15H2,1-2H3. The molecule has 4 nitrogen and oxygen atoms in total. The lowest BCUT2D eigenvalue weighted by atomic mass is 10.1. The van der Waals surface area contributed by atoms with E-state index in [-0.39, 0.29) is 0 Å². The molecule has 0 aromatic heterocycles. The number of hydrogen-bond acceptors (Lipinski definition) is 4. The normalized spacial score (nSPS) is 18.6. The van der Waals surface area contributed by atoms with Gasteiger partial charge in [-0.2, -0.15) is 0 Å². The van der Waals surface area contributed by atoms with E-state index in [1.54, 1.807) is 7.11 Å². The molecule has 1 aliphatic rings. The van der Waals surface area contributed by atoms with E-state index in [1.807, 2.05) is 12.1 Å². The molecule has 1 aromatic rings. The molecule has 0 atom stereocenters. The molecule has 0 saturated carbocycles. The molecule has 2 N–H and O–H groups in total. The van der Waals surface area contributed by atoms with Gasteiger partial charge in [0.2, 0.25) is 0 Å². The summed E-state index contributed by atoms with van der Waals surface area (Å²) in [7, 11) is 3.89. The number of rotatable bonds is 3. The molecule has 1 aliphatic heterocycles. The fourth-order valence-electron chi connectivity index (χ4n) is 2.39. The summed E-state index contributed by atoms with van der Waals surface area (Å²) in [6, 6.07) is 5.92. The van der Waals surface area contributed by atoms with Crippen molar-refractivity contribution in [2.45, 2.75) is 13.0 Å². The van der Waals surface area contributed by atoms with Crippen LogP contribution in [-0.2, 0) is 6.54 Å². The molecule has 2 rings (SSSR count). The summed E-state index contributed by atoms with van der Waals surface area (Å²) in [5, 5.41) is 0. The van der Waals surface area contributed by atoms with E-state index in [4.69, 9.17) is 10.5 Å². The van der Waals surface area contributed by atoms with E-state index in [0.717, 1.165) is 37.6 Å². The van der Waals surface area contributed by atoms with E-state index in [9.17, 15) is 0 Å². The topological polar surface area (TPSA) is 41.7 Å². The Labute approximate surface area is 109 Å². The zero-order valence-electron chi connectivity index (χ0n) is 11.4. The predicted octanol–water partition coefficient (Wildman–Crippen LogP) is 1.41. The van der Waals surface area contributed by atoms with Crippen LogP contribution in [-0.4, -0.2) is 50.1 Å². The second-order valence-corrected chi connectivity index (χ2v) is 5.00. The highest BCUT2D eigenvalue weighted by atomic mass is 16.5. The molecule has 1 fully saturated rings. The van der Waals surface area contributed by atoms with Crippen molar-refractivity contribution in [1.82, 2.24) is 9.80 Å². The number of nitrogens with zero attached hydrogens (tertiary/aromatic N) is 2. The quantitative estimate of drug-likeness (QED) is 0.823. The second-order valence-electron chi connectivity index (χ2n) is 5.00. The Balaban J connectivity index is 2.04. The smallest absolute Gasteiger partial charge is 0.125 e. The van der Waals surface area contributed by atoms with Crippen LogP contribution in [0.15, 0.2) is 18.2 Å². The molecule has 0 amide bonds. The Bertz CT molecular complexity index is 395. The van der Waals surface area contributed by atoms with Crippen LogP contribution in [0, 0.1) is 0 Å². The van der Waals surface area contributed by atoms with Crippen molar-refractivity contribution in [2.24, 2.45) is 0 Å². The van der Waals surface area contributed by atoms with Crippen molar-refractivity contribution in [2.75, 3.05) is 46.1 Å². The van der Waals surface area contributed by atoms with Crippen LogP contribution >= 0.6 is 0 Å². The van der Waals surface area contributed by atoms with Crippen LogP contribution in [0.3, 0.4) is 0 Å². The SMILES string of the molecule is COc1cc(N)ccc1CN1CCCN(C)CC1. The van der Waals surface area contributed by atoms with Gasteiger partial charge < -0.3 is 15.4 Å². The van der Waals surface area contributed by atoms with Crippen LogP contribution < -0.4 is 10.5 Å². The maximum Gasteiger partial charge on any atom is 0.125 e. The van der Waals surface area contributed by atoms with Gasteiger partial charge in [0.25, 0.3) is 0 Å². The van der Waals surface area contributed by atoms with E-state index in [2.05, 4.69) is 22.9 Å². The first-order valence-electron chi connectivity index (χ1n) is 6.52. The van der Waals surface area contributed by atoms with Gasteiger partial charge in [-0.25, -0.2) is 0 Å². The summed E-state index contributed by atoms with van der Waals surface area (Å²) >= 11 is 0. The van der Waals surface area contributed by atoms with Crippen LogP contribution in [0.4, 0.5) is 5.69 Å². The van der Waals surface area contributed by atoms with Gasteiger partial charge in [0.15, 0.2) is 0 Å². The third kappa shape index (κ3) is 3.37. The highest BCUT2D eigenvalue weighted by Crippen LogP contribution is 2.23. The van der Waals surface area contributed by atoms with Crippen LogP contribution in [0.25, 0.3) is 0 Å². The maximum atomic E-state index is 5.78. The summed E-state index contributed by atoms with van der Waals surface area (Å²) in [6.45, 7) is 5.53. The average Bonchev–Trinajstić information content (AvgIpc) is 2.56. The molecule has 18 heavy (non-hydrogen) atoms. The molecule has 0 unspecified atom stereocenters. The van der Waals surface area contributed by atoms with Crippen molar-refractivity contribution in [1.29, 1.82) is 0 Å². The summed E-state index contributed by atoms with van der Waals surface area (Å²) < 4.78 is 5.40. The van der Waals surface area contributed by atoms with Crippen molar-refractivity contribution >= 4 is 5.69 Å². The number of ether oxygens (including phenoxy) is 1. The molecular formula is C14H23N3O. The second kappa shape index (κ2) is 6.07. The molecular weight excluding hydrogens is 226 g/mol. The summed E-state index contributed by atoms with van der Waals surface area (Å²) in [4.78, 5) is 4.87. The number of nitrogen functional groups attached to an aromatic ring is 1. The van der Waals surface area contributed by atoms with Gasteiger partial charge in [0, 0.05) is 37.0 Å². The Hall–Kier alpha value is -1.26. The fourth-order valence-corrected chi connectivity index (χ4v) is 2.39. The molecule has 1 heterocycles. The highest BCUT2D eigenvalue weighted by molar-refractivity contribution is 5.48. The Kier molecular flexibility index (Phi) is 4.44. The van der Waals surface area contributed by atoms with Crippen LogP contribution in [0.2, 0.25) is 0 Å².